The Bertz CT molecular complexity index is 992. The normalized spacial score (nSPS) is 10.8. The van der Waals surface area contributed by atoms with Crippen LogP contribution in [0.4, 0.5) is 17.2 Å². The fourth-order valence-corrected chi connectivity index (χ4v) is 3.33. The van der Waals surface area contributed by atoms with Gasteiger partial charge in [-0.1, -0.05) is 18.2 Å². The number of anilines is 3. The van der Waals surface area contributed by atoms with E-state index in [1.54, 1.807) is 11.3 Å². The molecule has 0 radical (unpaired) electrons. The van der Waals surface area contributed by atoms with E-state index in [9.17, 15) is 0 Å². The summed E-state index contributed by atoms with van der Waals surface area (Å²) in [5.41, 5.74) is 3.11. The molecule has 25 heavy (non-hydrogen) atoms. The van der Waals surface area contributed by atoms with Crippen LogP contribution < -0.4 is 10.2 Å². The molecule has 0 atom stereocenters. The summed E-state index contributed by atoms with van der Waals surface area (Å²) in [7, 11) is 4.07. The molecular formula is C20H18N4S. The maximum Gasteiger partial charge on any atom is 0.172 e. The first kappa shape index (κ1) is 15.6. The Morgan fingerprint density at radius 1 is 0.880 bits per heavy atom. The number of thiophene rings is 1. The first-order valence-corrected chi connectivity index (χ1v) is 8.94. The molecule has 4 aromatic rings. The van der Waals surface area contributed by atoms with Crippen molar-refractivity contribution in [1.29, 1.82) is 0 Å². The van der Waals surface area contributed by atoms with Crippen LogP contribution in [0.3, 0.4) is 0 Å². The maximum atomic E-state index is 4.77. The minimum atomic E-state index is 0.751. The highest BCUT2D eigenvalue weighted by Crippen LogP contribution is 2.29. The van der Waals surface area contributed by atoms with Gasteiger partial charge in [-0.25, -0.2) is 9.97 Å². The second kappa shape index (κ2) is 6.53. The summed E-state index contributed by atoms with van der Waals surface area (Å²) in [6.07, 6.45) is 0. The quantitative estimate of drug-likeness (QED) is 0.553. The zero-order valence-corrected chi connectivity index (χ0v) is 14.9. The van der Waals surface area contributed by atoms with Crippen molar-refractivity contribution in [2.45, 2.75) is 0 Å². The molecule has 4 nitrogen and oxygen atoms in total. The van der Waals surface area contributed by atoms with Crippen LogP contribution in [-0.4, -0.2) is 24.1 Å². The van der Waals surface area contributed by atoms with Gasteiger partial charge in [-0.2, -0.15) is 0 Å². The molecule has 0 amide bonds. The van der Waals surface area contributed by atoms with Crippen molar-refractivity contribution in [2.75, 3.05) is 24.3 Å². The SMILES string of the molecule is CN(C)c1ccc(Nc2nc(-c3cccs3)nc3ccccc23)cc1. The van der Waals surface area contributed by atoms with Crippen molar-refractivity contribution >= 4 is 39.4 Å². The molecule has 0 spiro atoms. The number of nitrogens with zero attached hydrogens (tertiary/aromatic N) is 3. The number of benzene rings is 2. The summed E-state index contributed by atoms with van der Waals surface area (Å²) in [4.78, 5) is 12.6. The average molecular weight is 346 g/mol. The van der Waals surface area contributed by atoms with Gasteiger partial charge in [-0.15, -0.1) is 11.3 Å². The molecule has 2 aromatic carbocycles. The van der Waals surface area contributed by atoms with E-state index in [4.69, 9.17) is 9.97 Å². The number of aromatic nitrogens is 2. The van der Waals surface area contributed by atoms with E-state index in [2.05, 4.69) is 34.5 Å². The van der Waals surface area contributed by atoms with Crippen molar-refractivity contribution in [3.8, 4) is 10.7 Å². The van der Waals surface area contributed by atoms with Crippen molar-refractivity contribution in [3.05, 3.63) is 66.0 Å². The van der Waals surface area contributed by atoms with Gasteiger partial charge in [0, 0.05) is 30.9 Å². The second-order valence-corrected chi connectivity index (χ2v) is 6.90. The standard InChI is InChI=1S/C20H18N4S/c1-24(2)15-11-9-14(10-12-15)21-19-16-6-3-4-7-17(16)22-20(23-19)18-8-5-13-25-18/h3-13H,1-2H3,(H,21,22,23). The number of hydrogen-bond donors (Lipinski definition) is 1. The molecule has 1 N–H and O–H groups in total. The van der Waals surface area contributed by atoms with Crippen molar-refractivity contribution in [3.63, 3.8) is 0 Å². The highest BCUT2D eigenvalue weighted by atomic mass is 32.1. The summed E-state index contributed by atoms with van der Waals surface area (Å²) in [6, 6.07) is 20.5. The fraction of sp³-hybridized carbons (Fsp3) is 0.100. The van der Waals surface area contributed by atoms with E-state index in [0.29, 0.717) is 0 Å². The summed E-state index contributed by atoms with van der Waals surface area (Å²) >= 11 is 1.65. The lowest BCUT2D eigenvalue weighted by molar-refractivity contribution is 1.13. The summed E-state index contributed by atoms with van der Waals surface area (Å²) in [6.45, 7) is 0. The lowest BCUT2D eigenvalue weighted by atomic mass is 10.2. The Morgan fingerprint density at radius 2 is 1.68 bits per heavy atom. The third-order valence-electron chi connectivity index (χ3n) is 3.99. The summed E-state index contributed by atoms with van der Waals surface area (Å²) < 4.78 is 0. The van der Waals surface area contributed by atoms with Gasteiger partial charge in [0.2, 0.25) is 0 Å². The molecule has 5 heteroatoms. The summed E-state index contributed by atoms with van der Waals surface area (Å²) in [5, 5.41) is 6.51. The van der Waals surface area contributed by atoms with Crippen LogP contribution in [0.15, 0.2) is 66.0 Å². The Kier molecular flexibility index (Phi) is 4.07. The van der Waals surface area contributed by atoms with Crippen LogP contribution in [-0.2, 0) is 0 Å². The molecule has 0 saturated carbocycles. The zero-order valence-electron chi connectivity index (χ0n) is 14.1. The molecule has 4 rings (SSSR count). The monoisotopic (exact) mass is 346 g/mol. The highest BCUT2D eigenvalue weighted by Gasteiger charge is 2.10. The molecule has 0 aliphatic rings. The lowest BCUT2D eigenvalue weighted by Crippen LogP contribution is -2.08. The molecule has 0 unspecified atom stereocenters. The molecule has 0 aliphatic heterocycles. The zero-order chi connectivity index (χ0) is 17.2. The van der Waals surface area contributed by atoms with E-state index in [1.165, 1.54) is 0 Å². The van der Waals surface area contributed by atoms with Gasteiger partial charge < -0.3 is 10.2 Å². The largest absolute Gasteiger partial charge is 0.378 e. The maximum absolute atomic E-state index is 4.77. The molecule has 0 bridgehead atoms. The topological polar surface area (TPSA) is 41.0 Å². The number of hydrogen-bond acceptors (Lipinski definition) is 5. The van der Waals surface area contributed by atoms with Gasteiger partial charge in [0.25, 0.3) is 0 Å². The molecule has 0 fully saturated rings. The Balaban J connectivity index is 1.77. The Morgan fingerprint density at radius 3 is 2.40 bits per heavy atom. The summed E-state index contributed by atoms with van der Waals surface area (Å²) in [5.74, 6) is 1.58. The van der Waals surface area contributed by atoms with Crippen LogP contribution in [0.2, 0.25) is 0 Å². The second-order valence-electron chi connectivity index (χ2n) is 5.96. The van der Waals surface area contributed by atoms with Crippen LogP contribution >= 0.6 is 11.3 Å². The molecule has 0 aliphatic carbocycles. The van der Waals surface area contributed by atoms with Gasteiger partial charge in [-0.3, -0.25) is 0 Å². The number of fused-ring (bicyclic) bond motifs is 1. The predicted octanol–water partition coefficient (Wildman–Crippen LogP) is 5.17. The molecule has 124 valence electrons. The van der Waals surface area contributed by atoms with E-state index in [1.807, 2.05) is 55.9 Å². The van der Waals surface area contributed by atoms with Crippen LogP contribution in [0, 0.1) is 0 Å². The van der Waals surface area contributed by atoms with Gasteiger partial charge in [0.05, 0.1) is 10.4 Å². The molecule has 2 heterocycles. The minimum absolute atomic E-state index is 0.751. The minimum Gasteiger partial charge on any atom is -0.378 e. The smallest absolute Gasteiger partial charge is 0.172 e. The fourth-order valence-electron chi connectivity index (χ4n) is 2.67. The lowest BCUT2D eigenvalue weighted by Gasteiger charge is -2.14. The van der Waals surface area contributed by atoms with Gasteiger partial charge in [0.1, 0.15) is 5.82 Å². The number of rotatable bonds is 4. The van der Waals surface area contributed by atoms with Crippen molar-refractivity contribution in [2.24, 2.45) is 0 Å². The van der Waals surface area contributed by atoms with Crippen LogP contribution in [0.1, 0.15) is 0 Å². The van der Waals surface area contributed by atoms with E-state index in [0.717, 1.165) is 38.8 Å². The first-order valence-electron chi connectivity index (χ1n) is 8.06. The molecule has 2 aromatic heterocycles. The number of nitrogens with one attached hydrogen (secondary N) is 1. The van der Waals surface area contributed by atoms with Gasteiger partial charge in [-0.05, 0) is 47.8 Å². The van der Waals surface area contributed by atoms with E-state index >= 15 is 0 Å². The van der Waals surface area contributed by atoms with Crippen molar-refractivity contribution in [1.82, 2.24) is 9.97 Å². The van der Waals surface area contributed by atoms with E-state index in [-0.39, 0.29) is 0 Å². The van der Waals surface area contributed by atoms with Gasteiger partial charge >= 0.3 is 0 Å². The molecule has 0 saturated heterocycles. The molecular weight excluding hydrogens is 328 g/mol. The first-order chi connectivity index (χ1) is 12.2. The third-order valence-corrected chi connectivity index (χ3v) is 4.86. The predicted molar refractivity (Wildman–Crippen MR) is 107 cm³/mol. The average Bonchev–Trinajstić information content (AvgIpc) is 3.17. The van der Waals surface area contributed by atoms with E-state index < -0.39 is 0 Å². The third kappa shape index (κ3) is 3.19. The Hall–Kier alpha value is -2.92. The Labute approximate surface area is 150 Å². The van der Waals surface area contributed by atoms with Crippen LogP contribution in [0.5, 0.6) is 0 Å². The van der Waals surface area contributed by atoms with Crippen molar-refractivity contribution < 1.29 is 0 Å². The van der Waals surface area contributed by atoms with Gasteiger partial charge in [0.15, 0.2) is 5.82 Å². The number of para-hydroxylation sites is 1. The highest BCUT2D eigenvalue weighted by molar-refractivity contribution is 7.13. The van der Waals surface area contributed by atoms with Crippen LogP contribution in [0.25, 0.3) is 21.6 Å².